The largest absolute Gasteiger partial charge is 0.454 e. The fraction of sp³-hybridized carbons (Fsp3) is 0.190. The number of halogens is 1. The second-order valence-corrected chi connectivity index (χ2v) is 6.81. The Hall–Kier alpha value is -3.08. The van der Waals surface area contributed by atoms with Gasteiger partial charge in [-0.1, -0.05) is 12.1 Å². The lowest BCUT2D eigenvalue weighted by Gasteiger charge is -2.28. The van der Waals surface area contributed by atoms with Gasteiger partial charge in [-0.05, 0) is 43.7 Å². The van der Waals surface area contributed by atoms with E-state index < -0.39 is 0 Å². The summed E-state index contributed by atoms with van der Waals surface area (Å²) in [7, 11) is 2.06. The number of anilines is 3. The van der Waals surface area contributed by atoms with Gasteiger partial charge in [0.2, 0.25) is 0 Å². The van der Waals surface area contributed by atoms with Crippen molar-refractivity contribution in [2.45, 2.75) is 20.0 Å². The molecule has 1 atom stereocenters. The minimum Gasteiger partial charge on any atom is -0.454 e. The van der Waals surface area contributed by atoms with Gasteiger partial charge in [0, 0.05) is 30.1 Å². The highest BCUT2D eigenvalue weighted by Gasteiger charge is 2.35. The molecule has 1 aliphatic heterocycles. The van der Waals surface area contributed by atoms with Crippen LogP contribution >= 0.6 is 0 Å². The van der Waals surface area contributed by atoms with Gasteiger partial charge in [0.05, 0.1) is 11.4 Å². The molecule has 0 amide bonds. The van der Waals surface area contributed by atoms with Crippen molar-refractivity contribution in [3.63, 3.8) is 0 Å². The summed E-state index contributed by atoms with van der Waals surface area (Å²) in [6.45, 7) is 4.21. The summed E-state index contributed by atoms with van der Waals surface area (Å²) in [6.07, 6.45) is 1.90. The number of nitrogens with zero attached hydrogens (tertiary/aromatic N) is 3. The number of pyridine rings is 1. The maximum Gasteiger partial charge on any atom is 0.159 e. The van der Waals surface area contributed by atoms with Gasteiger partial charge in [0.15, 0.2) is 11.4 Å². The van der Waals surface area contributed by atoms with E-state index >= 15 is 0 Å². The summed E-state index contributed by atoms with van der Waals surface area (Å²) in [5.41, 5.74) is 4.49. The number of benzene rings is 2. The Balaban J connectivity index is 1.84. The molecule has 2 aromatic heterocycles. The van der Waals surface area contributed by atoms with E-state index in [4.69, 9.17) is 4.42 Å². The first kappa shape index (κ1) is 15.2. The molecule has 5 heteroatoms. The van der Waals surface area contributed by atoms with E-state index in [0.29, 0.717) is 5.58 Å². The Morgan fingerprint density at radius 2 is 1.92 bits per heavy atom. The lowest BCUT2D eigenvalue weighted by Crippen LogP contribution is -2.36. The van der Waals surface area contributed by atoms with Gasteiger partial charge in [-0.25, -0.2) is 9.37 Å². The van der Waals surface area contributed by atoms with E-state index in [9.17, 15) is 4.39 Å². The first-order chi connectivity index (χ1) is 12.6. The molecule has 0 saturated carbocycles. The lowest BCUT2D eigenvalue weighted by atomic mass is 10.1. The molecule has 0 N–H and O–H groups in total. The highest BCUT2D eigenvalue weighted by Crippen LogP contribution is 2.46. The number of aryl methyl sites for hydroxylation is 1. The topological polar surface area (TPSA) is 32.5 Å². The average Bonchev–Trinajstić information content (AvgIpc) is 3.11. The molecule has 0 saturated heterocycles. The van der Waals surface area contributed by atoms with Crippen LogP contribution < -0.4 is 9.80 Å². The molecule has 4 aromatic rings. The molecule has 1 aliphatic rings. The van der Waals surface area contributed by atoms with Crippen molar-refractivity contribution < 1.29 is 8.81 Å². The van der Waals surface area contributed by atoms with E-state index in [-0.39, 0.29) is 12.0 Å². The Bertz CT molecular complexity index is 1170. The minimum absolute atomic E-state index is 0.0918. The van der Waals surface area contributed by atoms with Crippen LogP contribution in [-0.2, 0) is 0 Å². The highest BCUT2D eigenvalue weighted by atomic mass is 19.1. The molecular weight excluding hydrogens is 329 g/mol. The smallest absolute Gasteiger partial charge is 0.159 e. The molecule has 0 unspecified atom stereocenters. The standard InChI is InChI=1S/C21H18FN3O/c1-12-6-8-16-15-9-7-14(22)11-18(15)26-20(16)19(12)25-13(2)24(3)17-5-4-10-23-21(17)25/h4-11,13H,1-3H3/t13-/m0/s1. The number of rotatable bonds is 1. The maximum atomic E-state index is 13.7. The van der Waals surface area contributed by atoms with E-state index in [0.717, 1.165) is 39.1 Å². The number of furan rings is 1. The van der Waals surface area contributed by atoms with Crippen LogP contribution in [0.25, 0.3) is 21.9 Å². The lowest BCUT2D eigenvalue weighted by molar-refractivity contribution is 0.617. The van der Waals surface area contributed by atoms with Crippen LogP contribution in [0.2, 0.25) is 0 Å². The van der Waals surface area contributed by atoms with E-state index in [1.807, 2.05) is 12.1 Å². The zero-order valence-electron chi connectivity index (χ0n) is 14.8. The zero-order valence-corrected chi connectivity index (χ0v) is 14.8. The number of hydrogen-bond donors (Lipinski definition) is 0. The van der Waals surface area contributed by atoms with E-state index in [2.05, 4.69) is 47.8 Å². The predicted octanol–water partition coefficient (Wildman–Crippen LogP) is 5.36. The molecule has 0 spiro atoms. The molecule has 0 aliphatic carbocycles. The number of hydrogen-bond acceptors (Lipinski definition) is 4. The summed E-state index contributed by atoms with van der Waals surface area (Å²) < 4.78 is 19.8. The first-order valence-corrected chi connectivity index (χ1v) is 8.64. The van der Waals surface area contributed by atoms with E-state index in [1.165, 1.54) is 12.1 Å². The third-order valence-corrected chi connectivity index (χ3v) is 5.33. The highest BCUT2D eigenvalue weighted by molar-refractivity contribution is 6.10. The molecule has 26 heavy (non-hydrogen) atoms. The Morgan fingerprint density at radius 1 is 1.12 bits per heavy atom. The average molecular weight is 347 g/mol. The monoisotopic (exact) mass is 347 g/mol. The minimum atomic E-state index is -0.295. The van der Waals surface area contributed by atoms with Crippen molar-refractivity contribution in [3.05, 3.63) is 60.0 Å². The molecule has 130 valence electrons. The first-order valence-electron chi connectivity index (χ1n) is 8.64. The van der Waals surface area contributed by atoms with Crippen LogP contribution in [0.1, 0.15) is 12.5 Å². The third-order valence-electron chi connectivity index (χ3n) is 5.33. The molecule has 0 bridgehead atoms. The van der Waals surface area contributed by atoms with Crippen LogP contribution in [0.5, 0.6) is 0 Å². The summed E-state index contributed by atoms with van der Waals surface area (Å²) in [5.74, 6) is 0.612. The normalized spacial score (nSPS) is 16.7. The molecule has 0 radical (unpaired) electrons. The number of fused-ring (bicyclic) bond motifs is 4. The van der Waals surface area contributed by atoms with Crippen molar-refractivity contribution in [1.82, 2.24) is 4.98 Å². The van der Waals surface area contributed by atoms with Crippen molar-refractivity contribution in [3.8, 4) is 0 Å². The van der Waals surface area contributed by atoms with Gasteiger partial charge in [-0.2, -0.15) is 0 Å². The fourth-order valence-electron chi connectivity index (χ4n) is 3.89. The van der Waals surface area contributed by atoms with Gasteiger partial charge >= 0.3 is 0 Å². The molecular formula is C21H18FN3O. The van der Waals surface area contributed by atoms with Gasteiger partial charge in [0.25, 0.3) is 0 Å². The Kier molecular flexibility index (Phi) is 3.04. The van der Waals surface area contributed by atoms with Crippen molar-refractivity contribution in [1.29, 1.82) is 0 Å². The molecule has 4 nitrogen and oxygen atoms in total. The molecule has 0 fully saturated rings. The van der Waals surface area contributed by atoms with Gasteiger partial charge in [-0.3, -0.25) is 0 Å². The van der Waals surface area contributed by atoms with E-state index in [1.54, 1.807) is 12.3 Å². The second-order valence-electron chi connectivity index (χ2n) is 6.81. The second kappa shape index (κ2) is 5.21. The summed E-state index contributed by atoms with van der Waals surface area (Å²) in [5, 5.41) is 1.91. The predicted molar refractivity (Wildman–Crippen MR) is 103 cm³/mol. The SMILES string of the molecule is Cc1ccc2c(oc3cc(F)ccc32)c1N1c2ncccc2N(C)[C@@H]1C. The van der Waals surface area contributed by atoms with Crippen LogP contribution in [0.15, 0.2) is 53.1 Å². The van der Waals surface area contributed by atoms with Crippen LogP contribution in [0.4, 0.5) is 21.6 Å². The van der Waals surface area contributed by atoms with Gasteiger partial charge in [-0.15, -0.1) is 0 Å². The van der Waals surface area contributed by atoms with Crippen molar-refractivity contribution in [2.75, 3.05) is 16.8 Å². The summed E-state index contributed by atoms with van der Waals surface area (Å²) in [4.78, 5) is 9.01. The quantitative estimate of drug-likeness (QED) is 0.464. The van der Waals surface area contributed by atoms with Crippen molar-refractivity contribution >= 4 is 39.1 Å². The molecule has 5 rings (SSSR count). The Morgan fingerprint density at radius 3 is 2.77 bits per heavy atom. The van der Waals surface area contributed by atoms with Crippen LogP contribution in [-0.4, -0.2) is 18.2 Å². The van der Waals surface area contributed by atoms with Gasteiger partial charge in [0.1, 0.15) is 17.6 Å². The molecule has 2 aromatic carbocycles. The van der Waals surface area contributed by atoms with Crippen molar-refractivity contribution in [2.24, 2.45) is 0 Å². The van der Waals surface area contributed by atoms with Crippen LogP contribution in [0, 0.1) is 12.7 Å². The zero-order chi connectivity index (χ0) is 18.0. The summed E-state index contributed by atoms with van der Waals surface area (Å²) in [6, 6.07) is 12.8. The fourth-order valence-corrected chi connectivity index (χ4v) is 3.89. The number of aromatic nitrogens is 1. The third kappa shape index (κ3) is 1.91. The van der Waals surface area contributed by atoms with Gasteiger partial charge < -0.3 is 14.2 Å². The Labute approximate surface area is 150 Å². The molecule has 3 heterocycles. The van der Waals surface area contributed by atoms with Crippen LogP contribution in [0.3, 0.4) is 0 Å². The summed E-state index contributed by atoms with van der Waals surface area (Å²) >= 11 is 0. The maximum absolute atomic E-state index is 13.7.